The molecule has 1 aromatic heterocycles. The minimum atomic E-state index is 0. The van der Waals surface area contributed by atoms with E-state index in [1.54, 1.807) is 11.3 Å². The standard InChI is InChI=1S/C19H28N4S.HI/c1-6-20-19(22-12-18-23-15(4)16(5)24-18)21-11-14(3)17-9-7-8-13(2)10-17;/h7-10,14H,6,11-12H2,1-5H3,(H2,20,21,22);1H. The van der Waals surface area contributed by atoms with Gasteiger partial charge in [-0.2, -0.15) is 0 Å². The average Bonchev–Trinajstić information content (AvgIpc) is 2.88. The molecule has 1 aromatic carbocycles. The van der Waals surface area contributed by atoms with Crippen molar-refractivity contribution in [3.63, 3.8) is 0 Å². The van der Waals surface area contributed by atoms with Crippen molar-refractivity contribution in [2.45, 2.75) is 47.1 Å². The highest BCUT2D eigenvalue weighted by molar-refractivity contribution is 14.0. The van der Waals surface area contributed by atoms with Crippen LogP contribution in [0.3, 0.4) is 0 Å². The normalized spacial score (nSPS) is 12.4. The molecule has 0 fully saturated rings. The van der Waals surface area contributed by atoms with Crippen molar-refractivity contribution in [3.8, 4) is 0 Å². The van der Waals surface area contributed by atoms with Crippen molar-refractivity contribution in [2.24, 2.45) is 4.99 Å². The number of rotatable bonds is 6. The molecule has 138 valence electrons. The summed E-state index contributed by atoms with van der Waals surface area (Å²) in [7, 11) is 0. The first kappa shape index (κ1) is 21.9. The van der Waals surface area contributed by atoms with Gasteiger partial charge >= 0.3 is 0 Å². The van der Waals surface area contributed by atoms with Crippen molar-refractivity contribution < 1.29 is 0 Å². The molecule has 0 bridgehead atoms. The third-order valence-electron chi connectivity index (χ3n) is 3.98. The first-order chi connectivity index (χ1) is 11.5. The Morgan fingerprint density at radius 2 is 2.00 bits per heavy atom. The molecule has 2 rings (SSSR count). The largest absolute Gasteiger partial charge is 0.357 e. The van der Waals surface area contributed by atoms with Gasteiger partial charge < -0.3 is 10.6 Å². The van der Waals surface area contributed by atoms with Crippen LogP contribution in [-0.4, -0.2) is 24.0 Å². The van der Waals surface area contributed by atoms with Crippen LogP contribution in [0.2, 0.25) is 0 Å². The van der Waals surface area contributed by atoms with Crippen LogP contribution in [0.5, 0.6) is 0 Å². The zero-order valence-electron chi connectivity index (χ0n) is 15.7. The van der Waals surface area contributed by atoms with E-state index in [4.69, 9.17) is 0 Å². The molecule has 0 saturated heterocycles. The molecular formula is C19H29IN4S. The Kier molecular flexibility index (Phi) is 9.42. The van der Waals surface area contributed by atoms with Gasteiger partial charge in [-0.05, 0) is 39.2 Å². The van der Waals surface area contributed by atoms with E-state index in [1.165, 1.54) is 16.0 Å². The van der Waals surface area contributed by atoms with Crippen molar-refractivity contribution >= 4 is 41.3 Å². The van der Waals surface area contributed by atoms with E-state index in [0.29, 0.717) is 12.5 Å². The summed E-state index contributed by atoms with van der Waals surface area (Å²) in [5.41, 5.74) is 3.76. The number of thiazole rings is 1. The Morgan fingerprint density at radius 3 is 2.60 bits per heavy atom. The predicted molar refractivity (Wildman–Crippen MR) is 119 cm³/mol. The lowest BCUT2D eigenvalue weighted by Gasteiger charge is -2.16. The van der Waals surface area contributed by atoms with Gasteiger partial charge in [0.15, 0.2) is 5.96 Å². The summed E-state index contributed by atoms with van der Waals surface area (Å²) < 4.78 is 0. The van der Waals surface area contributed by atoms with Gasteiger partial charge in [0, 0.05) is 18.0 Å². The summed E-state index contributed by atoms with van der Waals surface area (Å²) in [5.74, 6) is 1.28. The first-order valence-corrected chi connectivity index (χ1v) is 9.33. The van der Waals surface area contributed by atoms with E-state index >= 15 is 0 Å². The van der Waals surface area contributed by atoms with Gasteiger partial charge in [0.1, 0.15) is 5.01 Å². The fourth-order valence-corrected chi connectivity index (χ4v) is 3.30. The summed E-state index contributed by atoms with van der Waals surface area (Å²) in [6.07, 6.45) is 0. The fourth-order valence-electron chi connectivity index (χ4n) is 2.44. The monoisotopic (exact) mass is 472 g/mol. The van der Waals surface area contributed by atoms with Crippen LogP contribution in [0.4, 0.5) is 0 Å². The molecule has 4 nitrogen and oxygen atoms in total. The number of guanidine groups is 1. The molecule has 25 heavy (non-hydrogen) atoms. The number of aliphatic imine (C=N–C) groups is 1. The molecule has 1 heterocycles. The Bertz CT molecular complexity index is 677. The molecule has 6 heteroatoms. The van der Waals surface area contributed by atoms with E-state index in [1.807, 2.05) is 6.92 Å². The SMILES string of the molecule is CCNC(=NCc1nc(C)c(C)s1)NCC(C)c1cccc(C)c1.I. The lowest BCUT2D eigenvalue weighted by molar-refractivity contribution is 0.699. The molecule has 2 N–H and O–H groups in total. The smallest absolute Gasteiger partial charge is 0.191 e. The number of aromatic nitrogens is 1. The molecule has 0 radical (unpaired) electrons. The number of halogens is 1. The number of hydrogen-bond acceptors (Lipinski definition) is 3. The molecular weight excluding hydrogens is 443 g/mol. The van der Waals surface area contributed by atoms with Gasteiger partial charge in [-0.15, -0.1) is 35.3 Å². The Labute approximate surface area is 172 Å². The van der Waals surface area contributed by atoms with E-state index in [9.17, 15) is 0 Å². The average molecular weight is 472 g/mol. The zero-order valence-corrected chi connectivity index (χ0v) is 18.9. The first-order valence-electron chi connectivity index (χ1n) is 8.51. The number of nitrogens with one attached hydrogen (secondary N) is 2. The quantitative estimate of drug-likeness (QED) is 0.369. The Morgan fingerprint density at radius 1 is 1.24 bits per heavy atom. The van der Waals surface area contributed by atoms with Crippen molar-refractivity contribution in [1.82, 2.24) is 15.6 Å². The maximum atomic E-state index is 4.66. The lowest BCUT2D eigenvalue weighted by Crippen LogP contribution is -2.39. The molecule has 0 aliphatic heterocycles. The molecule has 0 amide bonds. The van der Waals surface area contributed by atoms with Gasteiger partial charge in [0.25, 0.3) is 0 Å². The summed E-state index contributed by atoms with van der Waals surface area (Å²) in [6, 6.07) is 8.68. The van der Waals surface area contributed by atoms with Crippen LogP contribution in [0.1, 0.15) is 46.5 Å². The minimum absolute atomic E-state index is 0. The van der Waals surface area contributed by atoms with E-state index in [0.717, 1.165) is 29.8 Å². The fraction of sp³-hybridized carbons (Fsp3) is 0.474. The number of aryl methyl sites for hydroxylation is 3. The maximum absolute atomic E-state index is 4.66. The van der Waals surface area contributed by atoms with Crippen LogP contribution in [0.25, 0.3) is 0 Å². The Balaban J connectivity index is 0.00000312. The summed E-state index contributed by atoms with van der Waals surface area (Å²) in [5, 5.41) is 7.82. The zero-order chi connectivity index (χ0) is 17.5. The molecule has 0 saturated carbocycles. The van der Waals surface area contributed by atoms with Crippen molar-refractivity contribution in [3.05, 3.63) is 51.0 Å². The second-order valence-corrected chi connectivity index (χ2v) is 7.43. The number of hydrogen-bond donors (Lipinski definition) is 2. The molecule has 1 unspecified atom stereocenters. The molecule has 0 spiro atoms. The predicted octanol–water partition coefficient (Wildman–Crippen LogP) is 4.55. The third kappa shape index (κ3) is 6.93. The second kappa shape index (κ2) is 10.8. The van der Waals surface area contributed by atoms with Crippen molar-refractivity contribution in [2.75, 3.05) is 13.1 Å². The maximum Gasteiger partial charge on any atom is 0.191 e. The molecule has 0 aliphatic carbocycles. The van der Waals surface area contributed by atoms with Gasteiger partial charge in [-0.1, -0.05) is 36.8 Å². The Hall–Kier alpha value is -1.15. The van der Waals surface area contributed by atoms with Gasteiger partial charge in [-0.25, -0.2) is 9.98 Å². The van der Waals surface area contributed by atoms with Crippen LogP contribution < -0.4 is 10.6 Å². The number of benzene rings is 1. The van der Waals surface area contributed by atoms with Crippen LogP contribution in [-0.2, 0) is 6.54 Å². The van der Waals surface area contributed by atoms with Crippen molar-refractivity contribution in [1.29, 1.82) is 0 Å². The molecule has 0 aliphatic rings. The van der Waals surface area contributed by atoms with Gasteiger partial charge in [0.05, 0.1) is 12.2 Å². The summed E-state index contributed by atoms with van der Waals surface area (Å²) >= 11 is 1.72. The molecule has 1 atom stereocenters. The van der Waals surface area contributed by atoms with Gasteiger partial charge in [-0.3, -0.25) is 0 Å². The lowest BCUT2D eigenvalue weighted by atomic mass is 9.99. The van der Waals surface area contributed by atoms with E-state index < -0.39 is 0 Å². The molecule has 2 aromatic rings. The van der Waals surface area contributed by atoms with Crippen LogP contribution in [0, 0.1) is 20.8 Å². The van der Waals surface area contributed by atoms with E-state index in [-0.39, 0.29) is 24.0 Å². The number of nitrogens with zero attached hydrogens (tertiary/aromatic N) is 2. The van der Waals surface area contributed by atoms with Crippen LogP contribution in [0.15, 0.2) is 29.3 Å². The highest BCUT2D eigenvalue weighted by Crippen LogP contribution is 2.17. The summed E-state index contributed by atoms with van der Waals surface area (Å²) in [6.45, 7) is 12.9. The topological polar surface area (TPSA) is 49.3 Å². The second-order valence-electron chi connectivity index (χ2n) is 6.14. The summed E-state index contributed by atoms with van der Waals surface area (Å²) in [4.78, 5) is 10.5. The minimum Gasteiger partial charge on any atom is -0.357 e. The highest BCUT2D eigenvalue weighted by Gasteiger charge is 2.08. The van der Waals surface area contributed by atoms with Crippen LogP contribution >= 0.6 is 35.3 Å². The van der Waals surface area contributed by atoms with E-state index in [2.05, 4.69) is 72.6 Å². The third-order valence-corrected chi connectivity index (χ3v) is 5.03. The highest BCUT2D eigenvalue weighted by atomic mass is 127. The van der Waals surface area contributed by atoms with Gasteiger partial charge in [0.2, 0.25) is 0 Å².